The fourth-order valence-electron chi connectivity index (χ4n) is 1.51. The number of amides is 1. The van der Waals surface area contributed by atoms with Crippen molar-refractivity contribution < 1.29 is 22.0 Å². The predicted octanol–water partition coefficient (Wildman–Crippen LogP) is -0.0682. The Morgan fingerprint density at radius 2 is 2.00 bits per heavy atom. The SMILES string of the molecule is NC(=O)C(F)(F)C1CCCS(=O)(=O)C1. The summed E-state index contributed by atoms with van der Waals surface area (Å²) in [6.07, 6.45) is 0.186. The molecule has 0 radical (unpaired) electrons. The zero-order chi connectivity index (χ0) is 11.0. The van der Waals surface area contributed by atoms with Crippen LogP contribution in [0.25, 0.3) is 0 Å². The summed E-state index contributed by atoms with van der Waals surface area (Å²) in [7, 11) is -3.44. The third-order valence-corrected chi connectivity index (χ3v) is 4.13. The van der Waals surface area contributed by atoms with E-state index in [9.17, 15) is 22.0 Å². The third-order valence-electron chi connectivity index (χ3n) is 2.30. The van der Waals surface area contributed by atoms with Crippen molar-refractivity contribution >= 4 is 15.7 Å². The van der Waals surface area contributed by atoms with E-state index in [4.69, 9.17) is 0 Å². The van der Waals surface area contributed by atoms with Gasteiger partial charge in [0.1, 0.15) is 0 Å². The van der Waals surface area contributed by atoms with Crippen LogP contribution in [0.4, 0.5) is 8.78 Å². The minimum absolute atomic E-state index is 0.0230. The number of alkyl halides is 2. The molecule has 0 aromatic heterocycles. The molecule has 1 amide bonds. The molecule has 82 valence electrons. The van der Waals surface area contributed by atoms with Crippen LogP contribution < -0.4 is 5.73 Å². The van der Waals surface area contributed by atoms with Crippen LogP contribution in [-0.4, -0.2) is 31.8 Å². The zero-order valence-corrected chi connectivity index (χ0v) is 8.19. The topological polar surface area (TPSA) is 77.2 Å². The molecular weight excluding hydrogens is 216 g/mol. The van der Waals surface area contributed by atoms with E-state index in [2.05, 4.69) is 5.73 Å². The molecule has 7 heteroatoms. The van der Waals surface area contributed by atoms with Gasteiger partial charge in [0, 0.05) is 5.92 Å². The second-order valence-corrected chi connectivity index (χ2v) is 5.67. The Kier molecular flexibility index (Phi) is 2.80. The Balaban J connectivity index is 2.84. The van der Waals surface area contributed by atoms with E-state index in [0.29, 0.717) is 0 Å². The number of sulfone groups is 1. The van der Waals surface area contributed by atoms with Crippen molar-refractivity contribution in [2.24, 2.45) is 11.7 Å². The first-order chi connectivity index (χ1) is 6.26. The standard InChI is InChI=1S/C7H11F2NO3S/c8-7(9,6(10)11)5-2-1-3-14(12,13)4-5/h5H,1-4H2,(H2,10,11). The molecule has 0 spiro atoms. The minimum Gasteiger partial charge on any atom is -0.364 e. The Hall–Kier alpha value is -0.720. The summed E-state index contributed by atoms with van der Waals surface area (Å²) < 4.78 is 48.2. The zero-order valence-electron chi connectivity index (χ0n) is 7.37. The van der Waals surface area contributed by atoms with Gasteiger partial charge in [-0.3, -0.25) is 4.79 Å². The van der Waals surface area contributed by atoms with Crippen molar-refractivity contribution in [1.82, 2.24) is 0 Å². The van der Waals surface area contributed by atoms with Crippen LogP contribution in [0.3, 0.4) is 0 Å². The maximum atomic E-state index is 13.0. The van der Waals surface area contributed by atoms with Crippen molar-refractivity contribution in [2.75, 3.05) is 11.5 Å². The number of nitrogens with two attached hydrogens (primary N) is 1. The largest absolute Gasteiger partial charge is 0.364 e. The summed E-state index contributed by atoms with van der Waals surface area (Å²) in [5.74, 6) is -7.66. The van der Waals surface area contributed by atoms with E-state index in [1.54, 1.807) is 0 Å². The van der Waals surface area contributed by atoms with Gasteiger partial charge in [-0.1, -0.05) is 0 Å². The second-order valence-electron chi connectivity index (χ2n) is 3.44. The maximum Gasteiger partial charge on any atom is 0.328 e. The molecule has 1 rings (SSSR count). The average Bonchev–Trinajstić information content (AvgIpc) is 2.02. The van der Waals surface area contributed by atoms with E-state index in [1.807, 2.05) is 0 Å². The number of carbonyl (C=O) groups excluding carboxylic acids is 1. The molecular formula is C7H11F2NO3S. The monoisotopic (exact) mass is 227 g/mol. The molecule has 1 heterocycles. The minimum atomic E-state index is -3.71. The van der Waals surface area contributed by atoms with Crippen molar-refractivity contribution in [3.05, 3.63) is 0 Å². The van der Waals surface area contributed by atoms with Crippen molar-refractivity contribution in [1.29, 1.82) is 0 Å². The van der Waals surface area contributed by atoms with Crippen LogP contribution >= 0.6 is 0 Å². The highest BCUT2D eigenvalue weighted by Gasteiger charge is 2.48. The van der Waals surface area contributed by atoms with E-state index >= 15 is 0 Å². The van der Waals surface area contributed by atoms with E-state index in [0.717, 1.165) is 0 Å². The van der Waals surface area contributed by atoms with Crippen LogP contribution in [0, 0.1) is 5.92 Å². The van der Waals surface area contributed by atoms with E-state index in [1.165, 1.54) is 0 Å². The van der Waals surface area contributed by atoms with Crippen LogP contribution in [0.5, 0.6) is 0 Å². The van der Waals surface area contributed by atoms with Crippen LogP contribution in [0.15, 0.2) is 0 Å². The predicted molar refractivity (Wildman–Crippen MR) is 45.5 cm³/mol. The van der Waals surface area contributed by atoms with Gasteiger partial charge >= 0.3 is 5.92 Å². The van der Waals surface area contributed by atoms with Gasteiger partial charge in [0.2, 0.25) is 0 Å². The second kappa shape index (κ2) is 3.45. The summed E-state index contributed by atoms with van der Waals surface area (Å²) in [6, 6.07) is 0. The van der Waals surface area contributed by atoms with Gasteiger partial charge in [-0.25, -0.2) is 8.42 Å². The van der Waals surface area contributed by atoms with Gasteiger partial charge in [0.25, 0.3) is 5.91 Å². The molecule has 1 fully saturated rings. The Morgan fingerprint density at radius 1 is 1.43 bits per heavy atom. The highest BCUT2D eigenvalue weighted by molar-refractivity contribution is 7.91. The highest BCUT2D eigenvalue weighted by Crippen LogP contribution is 2.32. The molecule has 0 aliphatic carbocycles. The van der Waals surface area contributed by atoms with Gasteiger partial charge in [0.15, 0.2) is 9.84 Å². The molecule has 1 saturated heterocycles. The molecule has 1 unspecified atom stereocenters. The fourth-order valence-corrected chi connectivity index (χ4v) is 3.27. The lowest BCUT2D eigenvalue weighted by Crippen LogP contribution is -2.46. The first-order valence-corrected chi connectivity index (χ1v) is 5.96. The highest BCUT2D eigenvalue weighted by atomic mass is 32.2. The van der Waals surface area contributed by atoms with Gasteiger partial charge in [-0.05, 0) is 12.8 Å². The molecule has 0 aromatic carbocycles. The molecule has 1 aliphatic heterocycles. The number of carbonyl (C=O) groups is 1. The summed E-state index contributed by atoms with van der Waals surface area (Å²) >= 11 is 0. The Labute approximate surface area is 80.4 Å². The fraction of sp³-hybridized carbons (Fsp3) is 0.857. The maximum absolute atomic E-state index is 13.0. The summed E-state index contributed by atoms with van der Waals surface area (Å²) in [6.45, 7) is 0. The third kappa shape index (κ3) is 2.20. The van der Waals surface area contributed by atoms with Crippen LogP contribution in [0.1, 0.15) is 12.8 Å². The Bertz CT molecular complexity index is 339. The van der Waals surface area contributed by atoms with Crippen LogP contribution in [0.2, 0.25) is 0 Å². The number of hydrogen-bond acceptors (Lipinski definition) is 3. The van der Waals surface area contributed by atoms with Crippen LogP contribution in [-0.2, 0) is 14.6 Å². The van der Waals surface area contributed by atoms with Crippen molar-refractivity contribution in [3.63, 3.8) is 0 Å². The Morgan fingerprint density at radius 3 is 2.43 bits per heavy atom. The average molecular weight is 227 g/mol. The summed E-state index contributed by atoms with van der Waals surface area (Å²) in [5.41, 5.74) is 4.51. The first-order valence-electron chi connectivity index (χ1n) is 4.14. The van der Waals surface area contributed by atoms with Gasteiger partial charge in [-0.15, -0.1) is 0 Å². The molecule has 1 atom stereocenters. The molecule has 0 aromatic rings. The van der Waals surface area contributed by atoms with Crippen molar-refractivity contribution in [3.8, 4) is 0 Å². The molecule has 1 aliphatic rings. The summed E-state index contributed by atoms with van der Waals surface area (Å²) in [4.78, 5) is 10.4. The number of halogens is 2. The quantitative estimate of drug-likeness (QED) is 0.717. The molecule has 0 bridgehead atoms. The number of primary amides is 1. The lowest BCUT2D eigenvalue weighted by atomic mass is 9.97. The van der Waals surface area contributed by atoms with Crippen molar-refractivity contribution in [2.45, 2.75) is 18.8 Å². The molecule has 14 heavy (non-hydrogen) atoms. The summed E-state index contributed by atoms with van der Waals surface area (Å²) in [5, 5.41) is 0. The number of rotatable bonds is 2. The lowest BCUT2D eigenvalue weighted by Gasteiger charge is -2.27. The van der Waals surface area contributed by atoms with E-state index in [-0.39, 0.29) is 18.6 Å². The molecule has 2 N–H and O–H groups in total. The van der Waals surface area contributed by atoms with Gasteiger partial charge < -0.3 is 5.73 Å². The van der Waals surface area contributed by atoms with E-state index < -0.39 is 33.3 Å². The molecule has 4 nitrogen and oxygen atoms in total. The smallest absolute Gasteiger partial charge is 0.328 e. The van der Waals surface area contributed by atoms with Gasteiger partial charge in [-0.2, -0.15) is 8.78 Å². The normalized spacial score (nSPS) is 27.1. The number of hydrogen-bond donors (Lipinski definition) is 1. The first kappa shape index (κ1) is 11.4. The molecule has 0 saturated carbocycles. The van der Waals surface area contributed by atoms with Gasteiger partial charge in [0.05, 0.1) is 11.5 Å². The lowest BCUT2D eigenvalue weighted by molar-refractivity contribution is -0.149.